The maximum absolute atomic E-state index is 5.53. The molecule has 2 N–H and O–H groups in total. The number of aromatic nitrogens is 1. The van der Waals surface area contributed by atoms with Crippen molar-refractivity contribution in [3.63, 3.8) is 0 Å². The fraction of sp³-hybridized carbons (Fsp3) is 0.182. The topological polar surface area (TPSA) is 38.9 Å². The molecule has 0 bridgehead atoms. The number of hydrogen-bond acceptors (Lipinski definition) is 3. The van der Waals surface area contributed by atoms with Gasteiger partial charge in [0, 0.05) is 22.2 Å². The maximum Gasteiger partial charge on any atom is 0.0451 e. The van der Waals surface area contributed by atoms with E-state index in [1.807, 2.05) is 19.2 Å². The highest BCUT2D eigenvalue weighted by Crippen LogP contribution is 2.24. The van der Waals surface area contributed by atoms with Gasteiger partial charge in [0.05, 0.1) is 0 Å². The van der Waals surface area contributed by atoms with Crippen LogP contribution >= 0.6 is 11.9 Å². The lowest BCUT2D eigenvalue weighted by Gasteiger charge is -2.05. The normalized spacial score (nSPS) is 10.8. The number of nitrogens with zero attached hydrogens (tertiary/aromatic N) is 1. The third-order valence-corrected chi connectivity index (χ3v) is 2.92. The molecule has 3 heteroatoms. The molecular weight excluding hydrogens is 192 g/mol. The Kier molecular flexibility index (Phi) is 2.44. The molecule has 0 spiro atoms. The van der Waals surface area contributed by atoms with Crippen LogP contribution in [0.25, 0.3) is 10.8 Å². The van der Waals surface area contributed by atoms with Gasteiger partial charge in [-0.2, -0.15) is 0 Å². The average molecular weight is 204 g/mol. The van der Waals surface area contributed by atoms with Gasteiger partial charge in [-0.1, -0.05) is 6.07 Å². The Hall–Kier alpha value is -1.06. The smallest absolute Gasteiger partial charge is 0.0451 e. The van der Waals surface area contributed by atoms with Crippen molar-refractivity contribution in [3.8, 4) is 0 Å². The summed E-state index contributed by atoms with van der Waals surface area (Å²) in [5, 5.41) is 7.98. The second kappa shape index (κ2) is 3.59. The highest BCUT2D eigenvalue weighted by molar-refractivity contribution is 7.97. The molecule has 1 aromatic heterocycles. The molecule has 0 atom stereocenters. The fourth-order valence-electron chi connectivity index (χ4n) is 1.57. The van der Waals surface area contributed by atoms with E-state index >= 15 is 0 Å². The van der Waals surface area contributed by atoms with Gasteiger partial charge in [-0.15, -0.1) is 0 Å². The maximum atomic E-state index is 5.53. The van der Waals surface area contributed by atoms with Crippen LogP contribution in [0.2, 0.25) is 0 Å². The lowest BCUT2D eigenvalue weighted by molar-refractivity contribution is 1.20. The third kappa shape index (κ3) is 1.49. The summed E-state index contributed by atoms with van der Waals surface area (Å²) < 4.78 is 0. The van der Waals surface area contributed by atoms with Crippen LogP contribution < -0.4 is 5.14 Å². The Labute approximate surface area is 87.7 Å². The van der Waals surface area contributed by atoms with Gasteiger partial charge in [-0.25, -0.2) is 0 Å². The Morgan fingerprint density at radius 3 is 2.71 bits per heavy atom. The van der Waals surface area contributed by atoms with E-state index in [1.54, 1.807) is 0 Å². The van der Waals surface area contributed by atoms with Crippen molar-refractivity contribution >= 4 is 22.7 Å². The molecule has 2 rings (SSSR count). The molecule has 0 fully saturated rings. The lowest BCUT2D eigenvalue weighted by atomic mass is 10.1. The first kappa shape index (κ1) is 9.49. The third-order valence-electron chi connectivity index (χ3n) is 2.39. The Bertz CT molecular complexity index is 480. The number of hydrogen-bond donors (Lipinski definition) is 1. The number of rotatable bonds is 1. The summed E-state index contributed by atoms with van der Waals surface area (Å²) in [6.07, 6.45) is 1.91. The minimum atomic E-state index is 1.06. The number of pyridine rings is 1. The molecule has 0 aliphatic rings. The summed E-state index contributed by atoms with van der Waals surface area (Å²) >= 11 is 1.27. The van der Waals surface area contributed by atoms with E-state index in [4.69, 9.17) is 5.14 Å². The van der Waals surface area contributed by atoms with Gasteiger partial charge in [-0.05, 0) is 48.9 Å². The summed E-state index contributed by atoms with van der Waals surface area (Å²) in [5.41, 5.74) is 2.26. The Balaban J connectivity index is 2.80. The van der Waals surface area contributed by atoms with Gasteiger partial charge in [0.25, 0.3) is 0 Å². The Morgan fingerprint density at radius 2 is 2.00 bits per heavy atom. The molecule has 72 valence electrons. The van der Waals surface area contributed by atoms with Gasteiger partial charge in [0.1, 0.15) is 0 Å². The van der Waals surface area contributed by atoms with E-state index in [2.05, 4.69) is 24.0 Å². The second-order valence-electron chi connectivity index (χ2n) is 3.35. The van der Waals surface area contributed by atoms with E-state index in [9.17, 15) is 0 Å². The molecule has 0 saturated heterocycles. The highest BCUT2D eigenvalue weighted by Gasteiger charge is 2.02. The van der Waals surface area contributed by atoms with Crippen LogP contribution in [0.5, 0.6) is 0 Å². The van der Waals surface area contributed by atoms with Crippen molar-refractivity contribution in [1.29, 1.82) is 0 Å². The molecule has 2 nitrogen and oxygen atoms in total. The molecule has 0 unspecified atom stereocenters. The minimum absolute atomic E-state index is 1.06. The Morgan fingerprint density at radius 1 is 1.21 bits per heavy atom. The van der Waals surface area contributed by atoms with Crippen molar-refractivity contribution < 1.29 is 0 Å². The summed E-state index contributed by atoms with van der Waals surface area (Å²) in [6, 6.07) is 6.24. The predicted molar refractivity (Wildman–Crippen MR) is 61.3 cm³/mol. The van der Waals surface area contributed by atoms with E-state index in [-0.39, 0.29) is 0 Å². The van der Waals surface area contributed by atoms with E-state index in [0.717, 1.165) is 10.6 Å². The predicted octanol–water partition coefficient (Wildman–Crippen LogP) is 2.82. The summed E-state index contributed by atoms with van der Waals surface area (Å²) in [5.74, 6) is 0. The second-order valence-corrected chi connectivity index (χ2v) is 4.06. The van der Waals surface area contributed by atoms with Crippen LogP contribution in [-0.4, -0.2) is 4.98 Å². The molecule has 0 aliphatic heterocycles. The van der Waals surface area contributed by atoms with E-state index in [0.29, 0.717) is 0 Å². The van der Waals surface area contributed by atoms with Crippen LogP contribution in [-0.2, 0) is 0 Å². The molecule has 2 aromatic rings. The zero-order valence-corrected chi connectivity index (χ0v) is 9.06. The molecule has 14 heavy (non-hydrogen) atoms. The van der Waals surface area contributed by atoms with Crippen molar-refractivity contribution in [2.75, 3.05) is 0 Å². The first-order valence-corrected chi connectivity index (χ1v) is 5.33. The van der Waals surface area contributed by atoms with Gasteiger partial charge >= 0.3 is 0 Å². The number of fused-ring (bicyclic) bond motifs is 1. The monoisotopic (exact) mass is 204 g/mol. The molecule has 1 heterocycles. The molecular formula is C11H12N2S. The standard InChI is InChI=1S/C11H12N2S/c1-7-6-13-8(2)11-5-9(14-12)3-4-10(7)11/h3-6H,12H2,1-2H3. The number of aryl methyl sites for hydroxylation is 2. The molecule has 0 amide bonds. The van der Waals surface area contributed by atoms with Crippen LogP contribution in [0.4, 0.5) is 0 Å². The largest absolute Gasteiger partial charge is 0.274 e. The van der Waals surface area contributed by atoms with Gasteiger partial charge in [0.2, 0.25) is 0 Å². The molecule has 0 saturated carbocycles. The summed E-state index contributed by atoms with van der Waals surface area (Å²) in [4.78, 5) is 5.41. The molecule has 0 aliphatic carbocycles. The summed E-state index contributed by atoms with van der Waals surface area (Å²) in [6.45, 7) is 4.09. The fourth-order valence-corrected chi connectivity index (χ4v) is 1.91. The number of benzene rings is 1. The molecule has 0 radical (unpaired) electrons. The van der Waals surface area contributed by atoms with Gasteiger partial charge < -0.3 is 0 Å². The van der Waals surface area contributed by atoms with Crippen molar-refractivity contribution in [2.24, 2.45) is 5.14 Å². The highest BCUT2D eigenvalue weighted by atomic mass is 32.2. The van der Waals surface area contributed by atoms with Gasteiger partial charge in [-0.3, -0.25) is 10.1 Å². The van der Waals surface area contributed by atoms with E-state index < -0.39 is 0 Å². The van der Waals surface area contributed by atoms with Crippen molar-refractivity contribution in [2.45, 2.75) is 18.7 Å². The van der Waals surface area contributed by atoms with Crippen LogP contribution in [0.3, 0.4) is 0 Å². The van der Waals surface area contributed by atoms with Crippen molar-refractivity contribution in [1.82, 2.24) is 4.98 Å². The van der Waals surface area contributed by atoms with Crippen molar-refractivity contribution in [3.05, 3.63) is 35.7 Å². The SMILES string of the molecule is Cc1cnc(C)c2cc(SN)ccc12. The summed E-state index contributed by atoms with van der Waals surface area (Å²) in [7, 11) is 0. The first-order valence-electron chi connectivity index (χ1n) is 4.45. The molecule has 1 aromatic carbocycles. The van der Waals surface area contributed by atoms with Crippen LogP contribution in [0, 0.1) is 13.8 Å². The first-order chi connectivity index (χ1) is 6.72. The van der Waals surface area contributed by atoms with Gasteiger partial charge in [0.15, 0.2) is 0 Å². The number of nitrogens with two attached hydrogens (primary N) is 1. The lowest BCUT2D eigenvalue weighted by Crippen LogP contribution is -1.88. The minimum Gasteiger partial charge on any atom is -0.274 e. The zero-order valence-electron chi connectivity index (χ0n) is 8.24. The van der Waals surface area contributed by atoms with Crippen LogP contribution in [0.15, 0.2) is 29.3 Å². The van der Waals surface area contributed by atoms with E-state index in [1.165, 1.54) is 28.3 Å². The zero-order chi connectivity index (χ0) is 10.1. The average Bonchev–Trinajstić information content (AvgIpc) is 2.23. The quantitative estimate of drug-likeness (QED) is 0.726. The van der Waals surface area contributed by atoms with Crippen LogP contribution in [0.1, 0.15) is 11.3 Å².